The van der Waals surface area contributed by atoms with Crippen molar-refractivity contribution in [2.75, 3.05) is 13.2 Å². The van der Waals surface area contributed by atoms with Gasteiger partial charge in [0.2, 0.25) is 0 Å². The summed E-state index contributed by atoms with van der Waals surface area (Å²) in [4.78, 5) is 0. The molecule has 0 bridgehead atoms. The summed E-state index contributed by atoms with van der Waals surface area (Å²) in [5.74, 6) is 0.980. The predicted octanol–water partition coefficient (Wildman–Crippen LogP) is 6.87. The highest BCUT2D eigenvalue weighted by atomic mass is 16.6. The fourth-order valence-corrected chi connectivity index (χ4v) is 3.17. The summed E-state index contributed by atoms with van der Waals surface area (Å²) < 4.78 is 11.2. The van der Waals surface area contributed by atoms with Crippen molar-refractivity contribution in [2.24, 2.45) is 0 Å². The minimum atomic E-state index is -0.0395. The van der Waals surface area contributed by atoms with Crippen LogP contribution in [0.2, 0.25) is 0 Å². The second kappa shape index (κ2) is 12.2. The Balaban J connectivity index is 1.45. The molecule has 1 atom stereocenters. The summed E-state index contributed by atoms with van der Waals surface area (Å²) >= 11 is 0. The highest BCUT2D eigenvalue weighted by molar-refractivity contribution is 5.28. The van der Waals surface area contributed by atoms with Crippen LogP contribution in [0.15, 0.2) is 36.4 Å². The molecule has 1 fully saturated rings. The van der Waals surface area contributed by atoms with Gasteiger partial charge < -0.3 is 9.47 Å². The van der Waals surface area contributed by atoms with E-state index in [2.05, 4.69) is 44.2 Å². The first-order valence-electron chi connectivity index (χ1n) is 10.7. The number of hydrogen-bond acceptors (Lipinski definition) is 2. The van der Waals surface area contributed by atoms with Crippen molar-refractivity contribution in [2.45, 2.75) is 90.1 Å². The van der Waals surface area contributed by atoms with Gasteiger partial charge in [0.1, 0.15) is 18.0 Å². The summed E-state index contributed by atoms with van der Waals surface area (Å²) in [6, 6.07) is 8.57. The molecule has 2 nitrogen and oxygen atoms in total. The Hall–Kier alpha value is -1.28. The van der Waals surface area contributed by atoms with Gasteiger partial charge in [-0.25, -0.2) is 0 Å². The van der Waals surface area contributed by atoms with Gasteiger partial charge in [0, 0.05) is 0 Å². The number of rotatable bonds is 15. The van der Waals surface area contributed by atoms with Gasteiger partial charge in [0.05, 0.1) is 6.61 Å². The SMILES string of the molecule is CC/C=C/CCCCCCCCCCc1cccc(OCC2(C)CO2)c1. The van der Waals surface area contributed by atoms with Crippen molar-refractivity contribution >= 4 is 0 Å². The number of hydrogen-bond donors (Lipinski definition) is 0. The summed E-state index contributed by atoms with van der Waals surface area (Å²) in [6.07, 6.45) is 19.2. The zero-order valence-electron chi connectivity index (χ0n) is 17.0. The van der Waals surface area contributed by atoms with Gasteiger partial charge in [0.25, 0.3) is 0 Å². The van der Waals surface area contributed by atoms with E-state index in [-0.39, 0.29) is 5.60 Å². The molecule has 0 aliphatic carbocycles. The number of epoxide rings is 1. The minimum Gasteiger partial charge on any atom is -0.490 e. The van der Waals surface area contributed by atoms with E-state index in [9.17, 15) is 0 Å². The second-order valence-electron chi connectivity index (χ2n) is 7.92. The van der Waals surface area contributed by atoms with Crippen LogP contribution in [0, 0.1) is 0 Å². The van der Waals surface area contributed by atoms with E-state index >= 15 is 0 Å². The summed E-state index contributed by atoms with van der Waals surface area (Å²) in [6.45, 7) is 5.78. The molecular formula is C24H38O2. The maximum absolute atomic E-state index is 5.86. The number of ether oxygens (including phenoxy) is 2. The van der Waals surface area contributed by atoms with Crippen LogP contribution in [0.3, 0.4) is 0 Å². The maximum atomic E-state index is 5.86. The first-order chi connectivity index (χ1) is 12.7. The smallest absolute Gasteiger partial charge is 0.123 e. The van der Waals surface area contributed by atoms with Gasteiger partial charge in [-0.1, -0.05) is 69.7 Å². The molecule has 1 aromatic carbocycles. The van der Waals surface area contributed by atoms with E-state index in [1.54, 1.807) is 0 Å². The van der Waals surface area contributed by atoms with E-state index in [0.717, 1.165) is 18.8 Å². The third-order valence-corrected chi connectivity index (χ3v) is 5.07. The van der Waals surface area contributed by atoms with E-state index in [0.29, 0.717) is 6.61 Å². The van der Waals surface area contributed by atoms with Crippen molar-refractivity contribution in [1.29, 1.82) is 0 Å². The number of aryl methyl sites for hydroxylation is 1. The lowest BCUT2D eigenvalue weighted by molar-refractivity contribution is 0.202. The molecule has 1 aromatic rings. The molecule has 2 heteroatoms. The van der Waals surface area contributed by atoms with Crippen LogP contribution < -0.4 is 4.74 Å². The molecule has 1 unspecified atom stereocenters. The average Bonchev–Trinajstić information content (AvgIpc) is 3.39. The Bertz CT molecular complexity index is 517. The molecular weight excluding hydrogens is 320 g/mol. The lowest BCUT2D eigenvalue weighted by atomic mass is 10.0. The lowest BCUT2D eigenvalue weighted by Gasteiger charge is -2.10. The van der Waals surface area contributed by atoms with Gasteiger partial charge in [-0.15, -0.1) is 0 Å². The van der Waals surface area contributed by atoms with Crippen LogP contribution in [0.4, 0.5) is 0 Å². The molecule has 0 amide bonds. The fraction of sp³-hybridized carbons (Fsp3) is 0.667. The standard InChI is InChI=1S/C24H38O2/c1-3-4-5-6-7-8-9-10-11-12-13-14-16-22-17-15-18-23(19-22)25-20-24(2)21-26-24/h4-5,15,17-19H,3,6-14,16,20-21H2,1-2H3/b5-4+. The normalized spacial score (nSPS) is 19.2. The molecule has 26 heavy (non-hydrogen) atoms. The Morgan fingerprint density at radius 3 is 2.38 bits per heavy atom. The summed E-state index contributed by atoms with van der Waals surface area (Å²) in [7, 11) is 0. The van der Waals surface area contributed by atoms with Crippen LogP contribution in [-0.4, -0.2) is 18.8 Å². The second-order valence-corrected chi connectivity index (χ2v) is 7.92. The molecule has 0 aromatic heterocycles. The Kier molecular flexibility index (Phi) is 9.84. The molecule has 0 spiro atoms. The molecule has 0 N–H and O–H groups in total. The first kappa shape index (κ1) is 21.0. The quantitative estimate of drug-likeness (QED) is 0.194. The number of unbranched alkanes of at least 4 members (excludes halogenated alkanes) is 8. The van der Waals surface area contributed by atoms with E-state index in [1.165, 1.54) is 69.8 Å². The zero-order chi connectivity index (χ0) is 18.5. The van der Waals surface area contributed by atoms with Crippen LogP contribution in [0.25, 0.3) is 0 Å². The van der Waals surface area contributed by atoms with Crippen molar-refractivity contribution in [3.05, 3.63) is 42.0 Å². The third kappa shape index (κ3) is 9.43. The topological polar surface area (TPSA) is 21.8 Å². The van der Waals surface area contributed by atoms with Crippen molar-refractivity contribution in [3.8, 4) is 5.75 Å². The van der Waals surface area contributed by atoms with E-state index in [4.69, 9.17) is 9.47 Å². The van der Waals surface area contributed by atoms with Gasteiger partial charge >= 0.3 is 0 Å². The Morgan fingerprint density at radius 1 is 1.00 bits per heavy atom. The molecule has 0 saturated carbocycles. The van der Waals surface area contributed by atoms with Gasteiger partial charge in [0.15, 0.2) is 0 Å². The molecule has 1 aliphatic heterocycles. The van der Waals surface area contributed by atoms with Gasteiger partial charge in [-0.2, -0.15) is 0 Å². The average molecular weight is 359 g/mol. The van der Waals surface area contributed by atoms with Crippen LogP contribution in [0.5, 0.6) is 5.75 Å². The molecule has 1 heterocycles. The summed E-state index contributed by atoms with van der Waals surface area (Å²) in [5, 5.41) is 0. The molecule has 146 valence electrons. The van der Waals surface area contributed by atoms with Crippen molar-refractivity contribution < 1.29 is 9.47 Å². The number of benzene rings is 1. The van der Waals surface area contributed by atoms with Crippen LogP contribution >= 0.6 is 0 Å². The predicted molar refractivity (Wildman–Crippen MR) is 111 cm³/mol. The molecule has 1 aliphatic rings. The molecule has 2 rings (SSSR count). The third-order valence-electron chi connectivity index (χ3n) is 5.07. The highest BCUT2D eigenvalue weighted by Gasteiger charge is 2.40. The van der Waals surface area contributed by atoms with E-state index in [1.807, 2.05) is 6.07 Å². The number of allylic oxidation sites excluding steroid dienone is 2. The molecule has 1 saturated heterocycles. The maximum Gasteiger partial charge on any atom is 0.123 e. The minimum absolute atomic E-state index is 0.0395. The van der Waals surface area contributed by atoms with Crippen LogP contribution in [0.1, 0.15) is 83.6 Å². The van der Waals surface area contributed by atoms with Crippen LogP contribution in [-0.2, 0) is 11.2 Å². The van der Waals surface area contributed by atoms with E-state index < -0.39 is 0 Å². The largest absolute Gasteiger partial charge is 0.490 e. The van der Waals surface area contributed by atoms with Gasteiger partial charge in [-0.05, 0) is 56.7 Å². The summed E-state index contributed by atoms with van der Waals surface area (Å²) in [5.41, 5.74) is 1.35. The van der Waals surface area contributed by atoms with Crippen molar-refractivity contribution in [1.82, 2.24) is 0 Å². The van der Waals surface area contributed by atoms with Crippen molar-refractivity contribution in [3.63, 3.8) is 0 Å². The Morgan fingerprint density at radius 2 is 1.69 bits per heavy atom. The highest BCUT2D eigenvalue weighted by Crippen LogP contribution is 2.27. The fourth-order valence-electron chi connectivity index (χ4n) is 3.17. The monoisotopic (exact) mass is 358 g/mol. The Labute approximate surface area is 161 Å². The molecule has 0 radical (unpaired) electrons. The van der Waals surface area contributed by atoms with Gasteiger partial charge in [-0.3, -0.25) is 0 Å². The zero-order valence-corrected chi connectivity index (χ0v) is 17.0. The lowest BCUT2D eigenvalue weighted by Crippen LogP contribution is -2.16. The first-order valence-corrected chi connectivity index (χ1v) is 10.7.